The second kappa shape index (κ2) is 5.79. The summed E-state index contributed by atoms with van der Waals surface area (Å²) in [6.45, 7) is 0. The Kier molecular flexibility index (Phi) is 3.99. The van der Waals surface area contributed by atoms with E-state index in [1.165, 1.54) is 35.8 Å². The Balaban J connectivity index is 2.03. The first-order valence-corrected chi connectivity index (χ1v) is 9.29. The zero-order valence-electron chi connectivity index (χ0n) is 11.0. The molecule has 0 spiro atoms. The van der Waals surface area contributed by atoms with Gasteiger partial charge < -0.3 is 0 Å². The molecule has 0 radical (unpaired) electrons. The monoisotopic (exact) mass is 353 g/mol. The Bertz CT molecular complexity index is 903. The van der Waals surface area contributed by atoms with Crippen molar-refractivity contribution in [3.63, 3.8) is 0 Å². The van der Waals surface area contributed by atoms with Gasteiger partial charge in [0.25, 0.3) is 9.05 Å². The summed E-state index contributed by atoms with van der Waals surface area (Å²) in [7, 11) is 1.57. The van der Waals surface area contributed by atoms with Gasteiger partial charge in [0, 0.05) is 22.4 Å². The smallest absolute Gasteiger partial charge is 0.207 e. The zero-order valence-corrected chi connectivity index (χ0v) is 13.4. The average Bonchev–Trinajstić information content (AvgIpc) is 2.97. The fraction of sp³-hybridized carbons (Fsp3) is 0. The molecule has 0 amide bonds. The van der Waals surface area contributed by atoms with Gasteiger partial charge in [0.2, 0.25) is 0 Å². The third-order valence-corrected chi connectivity index (χ3v) is 5.34. The Morgan fingerprint density at radius 1 is 0.955 bits per heavy atom. The highest BCUT2D eigenvalue weighted by molar-refractivity contribution is 8.13. The molecule has 22 heavy (non-hydrogen) atoms. The summed E-state index contributed by atoms with van der Waals surface area (Å²) in [5, 5.41) is 0. The van der Waals surface area contributed by atoms with Crippen molar-refractivity contribution >= 4 is 31.3 Å². The van der Waals surface area contributed by atoms with Crippen LogP contribution in [0, 0.1) is 5.82 Å². The fourth-order valence-corrected chi connectivity index (χ4v) is 3.60. The van der Waals surface area contributed by atoms with E-state index in [0.29, 0.717) is 0 Å². The number of halogens is 2. The molecule has 7 heteroatoms. The van der Waals surface area contributed by atoms with Gasteiger partial charge in [-0.25, -0.2) is 12.8 Å². The number of hydrogen-bond acceptors (Lipinski definition) is 4. The van der Waals surface area contributed by atoms with Crippen LogP contribution in [0.15, 0.2) is 59.6 Å². The van der Waals surface area contributed by atoms with Crippen LogP contribution in [-0.4, -0.2) is 12.8 Å². The molecule has 0 N–H and O–H groups in total. The number of benzene rings is 2. The maximum atomic E-state index is 13.0. The van der Waals surface area contributed by atoms with Crippen LogP contribution >= 0.6 is 22.2 Å². The first-order chi connectivity index (χ1) is 10.4. The Hall–Kier alpha value is -1.76. The van der Waals surface area contributed by atoms with Crippen molar-refractivity contribution in [3.8, 4) is 21.6 Å². The van der Waals surface area contributed by atoms with Crippen molar-refractivity contribution in [2.45, 2.75) is 4.90 Å². The van der Waals surface area contributed by atoms with Crippen LogP contribution in [0.5, 0.6) is 0 Å². The molecule has 0 bridgehead atoms. The van der Waals surface area contributed by atoms with Crippen molar-refractivity contribution in [1.82, 2.24) is 4.37 Å². The minimum Gasteiger partial charge on any atom is -0.207 e. The van der Waals surface area contributed by atoms with E-state index in [0.717, 1.165) is 21.6 Å². The summed E-state index contributed by atoms with van der Waals surface area (Å²) >= 11 is 1.30. The van der Waals surface area contributed by atoms with Crippen molar-refractivity contribution in [2.24, 2.45) is 0 Å². The summed E-state index contributed by atoms with van der Waals surface area (Å²) in [6.07, 6.45) is 1.70. The summed E-state index contributed by atoms with van der Waals surface area (Å²) in [5.41, 5.74) is 2.53. The van der Waals surface area contributed by atoms with Crippen LogP contribution < -0.4 is 0 Å². The molecule has 3 nitrogen and oxygen atoms in total. The van der Waals surface area contributed by atoms with Gasteiger partial charge in [0.15, 0.2) is 0 Å². The van der Waals surface area contributed by atoms with Gasteiger partial charge in [-0.1, -0.05) is 24.3 Å². The predicted molar refractivity (Wildman–Crippen MR) is 86.0 cm³/mol. The highest BCUT2D eigenvalue weighted by atomic mass is 35.7. The molecule has 0 saturated heterocycles. The van der Waals surface area contributed by atoms with Gasteiger partial charge in [-0.2, -0.15) is 4.37 Å². The zero-order chi connectivity index (χ0) is 15.7. The Morgan fingerprint density at radius 2 is 1.55 bits per heavy atom. The van der Waals surface area contributed by atoms with Crippen molar-refractivity contribution in [3.05, 3.63) is 60.5 Å². The lowest BCUT2D eigenvalue weighted by Gasteiger charge is -2.04. The van der Waals surface area contributed by atoms with Crippen LogP contribution in [0.3, 0.4) is 0 Å². The molecule has 3 aromatic rings. The molecule has 2 aromatic carbocycles. The van der Waals surface area contributed by atoms with Crippen LogP contribution in [0.1, 0.15) is 0 Å². The Morgan fingerprint density at radius 3 is 2.14 bits per heavy atom. The van der Waals surface area contributed by atoms with E-state index in [4.69, 9.17) is 10.7 Å². The quantitative estimate of drug-likeness (QED) is 0.649. The standard InChI is InChI=1S/C15H9ClFNO2S2/c16-22(19,20)13-7-3-10(4-8-13)14-9-18-21-15(14)11-1-5-12(17)6-2-11/h1-9H. The normalized spacial score (nSPS) is 11.5. The van der Waals surface area contributed by atoms with Gasteiger partial charge in [-0.05, 0) is 46.9 Å². The van der Waals surface area contributed by atoms with E-state index in [9.17, 15) is 12.8 Å². The highest BCUT2D eigenvalue weighted by Crippen LogP contribution is 2.35. The molecule has 0 atom stereocenters. The van der Waals surface area contributed by atoms with Gasteiger partial charge in [-0.15, -0.1) is 0 Å². The molecule has 0 fully saturated rings. The van der Waals surface area contributed by atoms with Crippen LogP contribution in [0.4, 0.5) is 4.39 Å². The molecule has 1 heterocycles. The van der Waals surface area contributed by atoms with Crippen LogP contribution in [-0.2, 0) is 9.05 Å². The second-order valence-electron chi connectivity index (χ2n) is 4.54. The lowest BCUT2D eigenvalue weighted by atomic mass is 10.0. The summed E-state index contributed by atoms with van der Waals surface area (Å²) in [5.74, 6) is -0.300. The average molecular weight is 354 g/mol. The van der Waals surface area contributed by atoms with Crippen molar-refractivity contribution in [2.75, 3.05) is 0 Å². The topological polar surface area (TPSA) is 47.0 Å². The van der Waals surface area contributed by atoms with Gasteiger partial charge >= 0.3 is 0 Å². The molecular formula is C15H9ClFNO2S2. The fourth-order valence-electron chi connectivity index (χ4n) is 2.05. The molecule has 0 aliphatic carbocycles. The van der Waals surface area contributed by atoms with Crippen molar-refractivity contribution in [1.29, 1.82) is 0 Å². The van der Waals surface area contributed by atoms with Crippen LogP contribution in [0.2, 0.25) is 0 Å². The molecule has 1 aromatic heterocycles. The molecule has 112 valence electrons. The lowest BCUT2D eigenvalue weighted by Crippen LogP contribution is -1.89. The minimum atomic E-state index is -3.74. The molecule has 0 aliphatic heterocycles. The second-order valence-corrected chi connectivity index (χ2v) is 7.91. The van der Waals surface area contributed by atoms with Gasteiger partial charge in [0.1, 0.15) is 5.82 Å². The SMILES string of the molecule is O=S(=O)(Cl)c1ccc(-c2cnsc2-c2ccc(F)cc2)cc1. The van der Waals surface area contributed by atoms with E-state index in [1.807, 2.05) is 0 Å². The van der Waals surface area contributed by atoms with E-state index >= 15 is 0 Å². The minimum absolute atomic E-state index is 0.0458. The predicted octanol–water partition coefficient (Wildman–Crippen LogP) is 4.54. The maximum absolute atomic E-state index is 13.0. The van der Waals surface area contributed by atoms with E-state index < -0.39 is 9.05 Å². The van der Waals surface area contributed by atoms with Gasteiger partial charge in [0.05, 0.1) is 9.77 Å². The number of rotatable bonds is 3. The van der Waals surface area contributed by atoms with Gasteiger partial charge in [-0.3, -0.25) is 0 Å². The van der Waals surface area contributed by atoms with E-state index in [2.05, 4.69) is 4.37 Å². The third kappa shape index (κ3) is 3.04. The number of aromatic nitrogens is 1. The molecular weight excluding hydrogens is 345 g/mol. The first-order valence-electron chi connectivity index (χ1n) is 6.21. The number of nitrogens with zero attached hydrogens (tertiary/aromatic N) is 1. The maximum Gasteiger partial charge on any atom is 0.261 e. The molecule has 0 saturated carbocycles. The largest absolute Gasteiger partial charge is 0.261 e. The lowest BCUT2D eigenvalue weighted by molar-refractivity contribution is 0.609. The third-order valence-electron chi connectivity index (χ3n) is 3.12. The summed E-state index contributed by atoms with van der Waals surface area (Å²) < 4.78 is 39.7. The van der Waals surface area contributed by atoms with E-state index in [1.54, 1.807) is 30.5 Å². The number of hydrogen-bond donors (Lipinski definition) is 0. The Labute approximate surface area is 135 Å². The van der Waals surface area contributed by atoms with Crippen molar-refractivity contribution < 1.29 is 12.8 Å². The molecule has 0 unspecified atom stereocenters. The molecule has 3 rings (SSSR count). The highest BCUT2D eigenvalue weighted by Gasteiger charge is 2.13. The molecule has 0 aliphatic rings. The first kappa shape index (κ1) is 15.1. The summed E-state index contributed by atoms with van der Waals surface area (Å²) in [6, 6.07) is 12.4. The van der Waals surface area contributed by atoms with E-state index in [-0.39, 0.29) is 10.7 Å². The van der Waals surface area contributed by atoms with Crippen LogP contribution in [0.25, 0.3) is 21.6 Å². The summed E-state index contributed by atoms with van der Waals surface area (Å²) in [4.78, 5) is 0.936.